The van der Waals surface area contributed by atoms with E-state index in [-0.39, 0.29) is 18.5 Å². The van der Waals surface area contributed by atoms with E-state index in [0.29, 0.717) is 12.4 Å². The van der Waals surface area contributed by atoms with Crippen molar-refractivity contribution >= 4 is 0 Å². The first-order valence-electron chi connectivity index (χ1n) is 5.80. The lowest BCUT2D eigenvalue weighted by Gasteiger charge is -2.30. The summed E-state index contributed by atoms with van der Waals surface area (Å²) in [7, 11) is 0. The highest BCUT2D eigenvalue weighted by molar-refractivity contribution is 4.96. The monoisotopic (exact) mass is 242 g/mol. The normalized spacial score (nSPS) is 23.8. The van der Waals surface area contributed by atoms with Gasteiger partial charge < -0.3 is 20.1 Å². The van der Waals surface area contributed by atoms with Gasteiger partial charge in [-0.25, -0.2) is 0 Å². The molecule has 7 nitrogen and oxygen atoms in total. The third-order valence-electron chi connectivity index (χ3n) is 2.85. The van der Waals surface area contributed by atoms with Crippen molar-refractivity contribution in [1.82, 2.24) is 15.0 Å². The zero-order valence-corrected chi connectivity index (χ0v) is 9.87. The van der Waals surface area contributed by atoms with Crippen LogP contribution in [0.15, 0.2) is 4.52 Å². The maximum atomic E-state index is 9.47. The van der Waals surface area contributed by atoms with Crippen LogP contribution in [0.5, 0.6) is 0 Å². The van der Waals surface area contributed by atoms with Crippen molar-refractivity contribution < 1.29 is 14.4 Å². The Balaban J connectivity index is 2.04. The summed E-state index contributed by atoms with van der Waals surface area (Å²) < 4.78 is 10.5. The van der Waals surface area contributed by atoms with Crippen molar-refractivity contribution in [3.05, 3.63) is 11.7 Å². The summed E-state index contributed by atoms with van der Waals surface area (Å²) in [6.45, 7) is 5.45. The van der Waals surface area contributed by atoms with Crippen molar-refractivity contribution in [3.8, 4) is 0 Å². The number of rotatable bonds is 4. The first-order chi connectivity index (χ1) is 8.24. The van der Waals surface area contributed by atoms with Gasteiger partial charge in [0.05, 0.1) is 6.61 Å². The maximum Gasteiger partial charge on any atom is 0.256 e. The van der Waals surface area contributed by atoms with E-state index in [1.54, 1.807) is 0 Å². The molecule has 17 heavy (non-hydrogen) atoms. The quantitative estimate of drug-likeness (QED) is 0.731. The molecule has 1 aliphatic heterocycles. The largest absolute Gasteiger partial charge is 0.382 e. The van der Waals surface area contributed by atoms with Crippen molar-refractivity contribution in [2.75, 3.05) is 32.8 Å². The number of nitrogens with two attached hydrogens (primary N) is 1. The van der Waals surface area contributed by atoms with E-state index in [1.807, 2.05) is 0 Å². The van der Waals surface area contributed by atoms with Gasteiger partial charge in [-0.3, -0.25) is 4.90 Å². The van der Waals surface area contributed by atoms with Crippen LogP contribution in [0.4, 0.5) is 0 Å². The van der Waals surface area contributed by atoms with Crippen LogP contribution in [0.1, 0.15) is 30.8 Å². The predicted molar refractivity (Wildman–Crippen MR) is 59.1 cm³/mol. The molecule has 0 aliphatic carbocycles. The van der Waals surface area contributed by atoms with Gasteiger partial charge >= 0.3 is 0 Å². The maximum absolute atomic E-state index is 9.47. The summed E-state index contributed by atoms with van der Waals surface area (Å²) >= 11 is 0. The molecule has 96 valence electrons. The van der Waals surface area contributed by atoms with Crippen LogP contribution >= 0.6 is 0 Å². The second-order valence-electron chi connectivity index (χ2n) is 3.99. The minimum Gasteiger partial charge on any atom is -0.382 e. The predicted octanol–water partition coefficient (Wildman–Crippen LogP) is -0.545. The topological polar surface area (TPSA) is 97.6 Å². The van der Waals surface area contributed by atoms with Gasteiger partial charge in [0.25, 0.3) is 5.89 Å². The molecule has 2 heterocycles. The van der Waals surface area contributed by atoms with Crippen LogP contribution in [0, 0.1) is 0 Å². The fourth-order valence-corrected chi connectivity index (χ4v) is 1.76. The summed E-state index contributed by atoms with van der Waals surface area (Å²) in [6, 6.07) is 0. The standard InChI is InChI=1S/C10H18N4O3/c1-2-14-3-4-16-8(6-14)9-12-10(17-13-9)7(15)5-11/h7-8,15H,2-6,11H2,1H3/t7-,8?/m0/s1. The van der Waals surface area contributed by atoms with Crippen molar-refractivity contribution in [1.29, 1.82) is 0 Å². The molecule has 2 atom stereocenters. The smallest absolute Gasteiger partial charge is 0.256 e. The molecule has 1 aromatic rings. The fourth-order valence-electron chi connectivity index (χ4n) is 1.76. The Hall–Kier alpha value is -1.02. The third kappa shape index (κ3) is 2.81. The molecule has 7 heteroatoms. The molecule has 0 radical (unpaired) electrons. The SMILES string of the molecule is CCN1CCOC(c2noc([C@@H](O)CN)n2)C1. The Bertz CT molecular complexity index is 357. The third-order valence-corrected chi connectivity index (χ3v) is 2.85. The Morgan fingerprint density at radius 1 is 1.65 bits per heavy atom. The van der Waals surface area contributed by atoms with Crippen LogP contribution in [-0.2, 0) is 4.74 Å². The second kappa shape index (κ2) is 5.54. The summed E-state index contributed by atoms with van der Waals surface area (Å²) in [5, 5.41) is 13.3. The van der Waals surface area contributed by atoms with Gasteiger partial charge in [-0.05, 0) is 6.54 Å². The summed E-state index contributed by atoms with van der Waals surface area (Å²) in [6.07, 6.45) is -1.09. The lowest BCUT2D eigenvalue weighted by atomic mass is 10.2. The van der Waals surface area contributed by atoms with Crippen LogP contribution < -0.4 is 5.73 Å². The number of nitrogens with zero attached hydrogens (tertiary/aromatic N) is 3. The van der Waals surface area contributed by atoms with Gasteiger partial charge in [0.2, 0.25) is 5.82 Å². The second-order valence-corrected chi connectivity index (χ2v) is 3.99. The molecule has 0 spiro atoms. The molecule has 1 aromatic heterocycles. The molecule has 1 fully saturated rings. The first-order valence-corrected chi connectivity index (χ1v) is 5.80. The van der Waals surface area contributed by atoms with Crippen LogP contribution in [0.2, 0.25) is 0 Å². The van der Waals surface area contributed by atoms with Gasteiger partial charge in [0, 0.05) is 19.6 Å². The lowest BCUT2D eigenvalue weighted by Crippen LogP contribution is -2.38. The summed E-state index contributed by atoms with van der Waals surface area (Å²) in [5.74, 6) is 0.630. The molecule has 0 amide bonds. The Morgan fingerprint density at radius 2 is 2.47 bits per heavy atom. The number of aliphatic hydroxyl groups is 1. The minimum atomic E-state index is -0.901. The number of hydrogen-bond donors (Lipinski definition) is 2. The highest BCUT2D eigenvalue weighted by Gasteiger charge is 2.26. The molecule has 3 N–H and O–H groups in total. The average Bonchev–Trinajstić information content (AvgIpc) is 2.87. The number of likely N-dealkylation sites (N-methyl/N-ethyl adjacent to an activating group) is 1. The summed E-state index contributed by atoms with van der Waals surface area (Å²) in [5.41, 5.74) is 5.32. The highest BCUT2D eigenvalue weighted by Crippen LogP contribution is 2.20. The molecular weight excluding hydrogens is 224 g/mol. The van der Waals surface area contributed by atoms with Gasteiger partial charge in [-0.1, -0.05) is 12.1 Å². The van der Waals surface area contributed by atoms with Crippen LogP contribution in [-0.4, -0.2) is 52.9 Å². The van der Waals surface area contributed by atoms with E-state index in [2.05, 4.69) is 22.0 Å². The molecule has 0 aromatic carbocycles. The van der Waals surface area contributed by atoms with Crippen molar-refractivity contribution in [2.45, 2.75) is 19.1 Å². The number of aromatic nitrogens is 2. The fraction of sp³-hybridized carbons (Fsp3) is 0.800. The van der Waals surface area contributed by atoms with E-state index < -0.39 is 6.10 Å². The van der Waals surface area contributed by atoms with E-state index in [9.17, 15) is 5.11 Å². The van der Waals surface area contributed by atoms with Gasteiger partial charge in [0.1, 0.15) is 12.2 Å². The molecule has 1 unspecified atom stereocenters. The zero-order valence-electron chi connectivity index (χ0n) is 9.87. The molecular formula is C10H18N4O3. The van der Waals surface area contributed by atoms with Gasteiger partial charge in [0.15, 0.2) is 0 Å². The Kier molecular flexibility index (Phi) is 4.06. The first kappa shape index (κ1) is 12.4. The van der Waals surface area contributed by atoms with Gasteiger partial charge in [-0.15, -0.1) is 0 Å². The molecule has 2 rings (SSSR count). The Morgan fingerprint density at radius 3 is 3.18 bits per heavy atom. The number of hydrogen-bond acceptors (Lipinski definition) is 7. The summed E-state index contributed by atoms with van der Waals surface area (Å²) in [4.78, 5) is 6.37. The molecule has 0 saturated carbocycles. The van der Waals surface area contributed by atoms with Gasteiger partial charge in [-0.2, -0.15) is 4.98 Å². The van der Waals surface area contributed by atoms with E-state index in [0.717, 1.165) is 19.6 Å². The average molecular weight is 242 g/mol. The molecule has 1 aliphatic rings. The minimum absolute atomic E-state index is 0.0637. The lowest BCUT2D eigenvalue weighted by molar-refractivity contribution is -0.0334. The molecule has 0 bridgehead atoms. The van der Waals surface area contributed by atoms with E-state index in [1.165, 1.54) is 0 Å². The van der Waals surface area contributed by atoms with Crippen LogP contribution in [0.25, 0.3) is 0 Å². The van der Waals surface area contributed by atoms with E-state index in [4.69, 9.17) is 15.0 Å². The number of ether oxygens (including phenoxy) is 1. The van der Waals surface area contributed by atoms with Crippen LogP contribution in [0.3, 0.4) is 0 Å². The molecule has 1 saturated heterocycles. The number of morpholine rings is 1. The van der Waals surface area contributed by atoms with Crippen molar-refractivity contribution in [3.63, 3.8) is 0 Å². The van der Waals surface area contributed by atoms with E-state index >= 15 is 0 Å². The Labute approximate surface area is 99.5 Å². The number of aliphatic hydroxyl groups excluding tert-OH is 1. The van der Waals surface area contributed by atoms with Crippen molar-refractivity contribution in [2.24, 2.45) is 5.73 Å². The zero-order chi connectivity index (χ0) is 12.3. The highest BCUT2D eigenvalue weighted by atomic mass is 16.5.